The molecule has 0 fully saturated rings. The number of hydrogen-bond acceptors (Lipinski definition) is 22. The molecule has 0 radical (unpaired) electrons. The highest BCUT2D eigenvalue weighted by Gasteiger charge is 2.36. The monoisotopic (exact) mass is 812 g/mol. The fourth-order valence-corrected chi connectivity index (χ4v) is 4.82. The fraction of sp³-hybridized carbons (Fsp3) is 0.771. The topological polar surface area (TPSA) is 297 Å². The first-order valence-corrected chi connectivity index (χ1v) is 18.6. The Kier molecular flexibility index (Phi) is 31.2. The maximum Gasteiger partial charge on any atom is 0.349 e. The van der Waals surface area contributed by atoms with Gasteiger partial charge in [0.15, 0.2) is 12.1 Å². The second-order valence-electron chi connectivity index (χ2n) is 11.7. The van der Waals surface area contributed by atoms with Gasteiger partial charge in [-0.1, -0.05) is 0 Å². The number of ether oxygens (including phenoxy) is 8. The van der Waals surface area contributed by atoms with Gasteiger partial charge in [-0.05, 0) is 79.3 Å². The number of isocyanates is 2. The average molecular weight is 813 g/mol. The average Bonchev–Trinajstić information content (AvgIpc) is 3.19. The van der Waals surface area contributed by atoms with Crippen molar-refractivity contribution in [1.82, 2.24) is 21.3 Å². The maximum atomic E-state index is 12.6. The van der Waals surface area contributed by atoms with Crippen molar-refractivity contribution < 1.29 is 66.7 Å². The normalized spacial score (nSPS) is 13.6. The van der Waals surface area contributed by atoms with Gasteiger partial charge < -0.3 is 37.9 Å². The molecular weight excluding hydrogens is 756 g/mol. The quantitative estimate of drug-likeness (QED) is 0.0120. The lowest BCUT2D eigenvalue weighted by molar-refractivity contribution is -0.153. The molecule has 4 N–H and O–H groups in total. The first-order chi connectivity index (χ1) is 27.6. The SMILES string of the molecule is CCOC(=O)C(CCCCNCOCC(COCNCCCCC(N=C=O)C(=O)OCC)(NCC(OC#N)C(=O)OCC)NCC(OC#N)C(=O)OCC)N=C=O. The lowest BCUT2D eigenvalue weighted by atomic mass is 10.1. The van der Waals surface area contributed by atoms with Gasteiger partial charge in [-0.3, -0.25) is 21.3 Å². The Labute approximate surface area is 332 Å². The highest BCUT2D eigenvalue weighted by atomic mass is 16.6. The van der Waals surface area contributed by atoms with E-state index in [-0.39, 0.29) is 79.0 Å². The summed E-state index contributed by atoms with van der Waals surface area (Å²) in [6.07, 6.45) is 5.76. The number of esters is 4. The first kappa shape index (κ1) is 52.0. The molecule has 22 heteroatoms. The molecule has 4 unspecified atom stereocenters. The molecule has 0 saturated heterocycles. The number of nitrogens with one attached hydrogen (secondary N) is 4. The van der Waals surface area contributed by atoms with Crippen molar-refractivity contribution in [3.05, 3.63) is 0 Å². The number of nitrogens with zero attached hydrogens (tertiary/aromatic N) is 4. The van der Waals surface area contributed by atoms with Crippen LogP contribution in [0.3, 0.4) is 0 Å². The van der Waals surface area contributed by atoms with E-state index in [1.165, 1.54) is 24.7 Å². The molecule has 0 aromatic heterocycles. The Morgan fingerprint density at radius 3 is 1.30 bits per heavy atom. The van der Waals surface area contributed by atoms with Crippen LogP contribution in [0, 0.1) is 23.0 Å². The zero-order chi connectivity index (χ0) is 42.6. The molecule has 22 nitrogen and oxygen atoms in total. The van der Waals surface area contributed by atoms with E-state index < -0.39 is 53.8 Å². The molecule has 0 aliphatic heterocycles. The predicted molar refractivity (Wildman–Crippen MR) is 195 cm³/mol. The highest BCUT2D eigenvalue weighted by molar-refractivity contribution is 5.77. The van der Waals surface area contributed by atoms with Gasteiger partial charge in [0.25, 0.3) is 12.5 Å². The number of unbranched alkanes of at least 4 members (excludes halogenated alkanes) is 2. The number of rotatable bonds is 36. The van der Waals surface area contributed by atoms with Crippen molar-refractivity contribution in [2.45, 2.75) is 96.2 Å². The molecule has 0 saturated carbocycles. The Balaban J connectivity index is 5.83. The summed E-state index contributed by atoms with van der Waals surface area (Å²) in [5, 5.41) is 30.7. The minimum Gasteiger partial charge on any atom is -0.464 e. The van der Waals surface area contributed by atoms with E-state index >= 15 is 0 Å². The molecular formula is C35H56N8O14. The standard InChI is InChI=1S/C35H56N8O14/c1-5-52-31(46)27(40-23-44)13-9-11-15-38-25-50-19-35(42-17-29(56-21-36)33(48)54-7-3,43-18-30(57-22-37)34(49)55-8-4)20-51-26-39-16-12-10-14-28(41-24-45)32(47)53-6-2/h27-30,38-39,42-43H,5-20,25-26H2,1-4H3. The second-order valence-corrected chi connectivity index (χ2v) is 11.7. The van der Waals surface area contributed by atoms with Gasteiger partial charge >= 0.3 is 23.9 Å². The summed E-state index contributed by atoms with van der Waals surface area (Å²) in [6, 6.07) is -1.88. The lowest BCUT2D eigenvalue weighted by Crippen LogP contribution is -2.66. The Morgan fingerprint density at radius 1 is 0.596 bits per heavy atom. The van der Waals surface area contributed by atoms with Crippen molar-refractivity contribution in [2.24, 2.45) is 9.98 Å². The number of carbonyl (C=O) groups is 4. The van der Waals surface area contributed by atoms with Crippen LogP contribution in [0.15, 0.2) is 9.98 Å². The van der Waals surface area contributed by atoms with Crippen LogP contribution >= 0.6 is 0 Å². The largest absolute Gasteiger partial charge is 0.464 e. The zero-order valence-electron chi connectivity index (χ0n) is 33.0. The number of aliphatic imine (C=N–C) groups is 2. The summed E-state index contributed by atoms with van der Waals surface area (Å²) in [5.41, 5.74) is -1.43. The second kappa shape index (κ2) is 34.2. The molecule has 0 amide bonds. The van der Waals surface area contributed by atoms with Crippen molar-refractivity contribution in [3.8, 4) is 12.5 Å². The van der Waals surface area contributed by atoms with Gasteiger partial charge in [0.05, 0.1) is 53.1 Å². The van der Waals surface area contributed by atoms with Crippen LogP contribution < -0.4 is 21.3 Å². The minimum atomic E-state index is -1.43. The summed E-state index contributed by atoms with van der Waals surface area (Å²) < 4.78 is 41.7. The lowest BCUT2D eigenvalue weighted by Gasteiger charge is -2.37. The van der Waals surface area contributed by atoms with E-state index in [1.807, 2.05) is 0 Å². The molecule has 0 rings (SSSR count). The molecule has 57 heavy (non-hydrogen) atoms. The van der Waals surface area contributed by atoms with Gasteiger partial charge in [0, 0.05) is 13.1 Å². The van der Waals surface area contributed by atoms with Crippen molar-refractivity contribution in [3.63, 3.8) is 0 Å². The summed E-state index contributed by atoms with van der Waals surface area (Å²) >= 11 is 0. The fourth-order valence-electron chi connectivity index (χ4n) is 4.82. The summed E-state index contributed by atoms with van der Waals surface area (Å²) in [4.78, 5) is 77.6. The van der Waals surface area contributed by atoms with Crippen LogP contribution in [-0.2, 0) is 66.7 Å². The van der Waals surface area contributed by atoms with Crippen LogP contribution in [0.25, 0.3) is 0 Å². The van der Waals surface area contributed by atoms with Crippen LogP contribution in [0.4, 0.5) is 0 Å². The van der Waals surface area contributed by atoms with Crippen molar-refractivity contribution in [1.29, 1.82) is 10.5 Å². The molecule has 0 aromatic carbocycles. The summed E-state index contributed by atoms with van der Waals surface area (Å²) in [6.45, 7) is 6.68. The molecule has 0 bridgehead atoms. The number of hydrogen-bond donors (Lipinski definition) is 4. The van der Waals surface area contributed by atoms with E-state index in [0.29, 0.717) is 38.8 Å². The third-order valence-electron chi connectivity index (χ3n) is 7.54. The zero-order valence-corrected chi connectivity index (χ0v) is 33.0. The molecule has 0 aromatic rings. The minimum absolute atomic E-state index is 0.00982. The highest BCUT2D eigenvalue weighted by Crippen LogP contribution is 2.10. The van der Waals surface area contributed by atoms with E-state index in [1.54, 1.807) is 27.7 Å². The van der Waals surface area contributed by atoms with Gasteiger partial charge in [-0.2, -0.15) is 20.5 Å². The van der Waals surface area contributed by atoms with Crippen LogP contribution in [0.1, 0.15) is 66.2 Å². The Bertz CT molecular complexity index is 1250. The predicted octanol–water partition coefficient (Wildman–Crippen LogP) is -0.276. The van der Waals surface area contributed by atoms with Gasteiger partial charge in [-0.25, -0.2) is 28.8 Å². The van der Waals surface area contributed by atoms with E-state index in [4.69, 9.17) is 37.9 Å². The molecule has 4 atom stereocenters. The number of nitriles is 2. The van der Waals surface area contributed by atoms with Crippen molar-refractivity contribution >= 4 is 36.0 Å². The maximum absolute atomic E-state index is 12.6. The molecule has 0 heterocycles. The molecule has 0 spiro atoms. The molecule has 320 valence electrons. The first-order valence-electron chi connectivity index (χ1n) is 18.6. The van der Waals surface area contributed by atoms with Crippen LogP contribution in [0.5, 0.6) is 0 Å². The van der Waals surface area contributed by atoms with E-state index in [9.17, 15) is 39.3 Å². The summed E-state index contributed by atoms with van der Waals surface area (Å²) in [5.74, 6) is -2.86. The van der Waals surface area contributed by atoms with Crippen LogP contribution in [-0.4, -0.2) is 145 Å². The van der Waals surface area contributed by atoms with E-state index in [0.717, 1.165) is 0 Å². The third kappa shape index (κ3) is 24.3. The van der Waals surface area contributed by atoms with Crippen LogP contribution in [0.2, 0.25) is 0 Å². The Morgan fingerprint density at radius 2 is 0.965 bits per heavy atom. The molecule has 0 aliphatic rings. The summed E-state index contributed by atoms with van der Waals surface area (Å²) in [7, 11) is 0. The third-order valence-corrected chi connectivity index (χ3v) is 7.54. The van der Waals surface area contributed by atoms with Crippen molar-refractivity contribution in [2.75, 3.05) is 79.3 Å². The van der Waals surface area contributed by atoms with E-state index in [2.05, 4.69) is 31.3 Å². The Hall–Kier alpha value is -5.02. The van der Waals surface area contributed by atoms with Gasteiger partial charge in [0.1, 0.15) is 5.66 Å². The number of carbonyl (C=O) groups excluding carboxylic acids is 6. The molecule has 0 aliphatic carbocycles. The smallest absolute Gasteiger partial charge is 0.349 e. The van der Waals surface area contributed by atoms with Gasteiger partial charge in [0.2, 0.25) is 24.4 Å². The van der Waals surface area contributed by atoms with Gasteiger partial charge in [-0.15, -0.1) is 0 Å².